The molecule has 0 N–H and O–H groups in total. The molecular weight excluding hydrogens is 164 g/mol. The van der Waals surface area contributed by atoms with Gasteiger partial charge in [-0.2, -0.15) is 0 Å². The monoisotopic (exact) mass is 172 g/mol. The highest BCUT2D eigenvalue weighted by atomic mass is 79.9. The number of hydrogen-bond donors (Lipinski definition) is 0. The van der Waals surface area contributed by atoms with Crippen LogP contribution in [0.15, 0.2) is 12.2 Å². The van der Waals surface area contributed by atoms with Gasteiger partial charge in [0.25, 0.3) is 0 Å². The predicted molar refractivity (Wildman–Crippen MR) is 38.1 cm³/mol. The molecule has 0 aromatic rings. The van der Waals surface area contributed by atoms with E-state index in [2.05, 4.69) is 28.1 Å². The quantitative estimate of drug-likeness (QED) is 0.389. The van der Waals surface area contributed by atoms with Gasteiger partial charge in [0.15, 0.2) is 0 Å². The highest BCUT2D eigenvalue weighted by Crippen LogP contribution is 2.42. The van der Waals surface area contributed by atoms with Crippen molar-refractivity contribution in [3.63, 3.8) is 0 Å². The first kappa shape index (κ1) is 5.04. The summed E-state index contributed by atoms with van der Waals surface area (Å²) in [6, 6.07) is 0. The van der Waals surface area contributed by atoms with E-state index < -0.39 is 0 Å². The first-order chi connectivity index (χ1) is 3.86. The molecule has 0 aromatic heterocycles. The van der Waals surface area contributed by atoms with E-state index in [9.17, 15) is 0 Å². The summed E-state index contributed by atoms with van der Waals surface area (Å²) in [6.45, 7) is 0. The molecule has 1 fully saturated rings. The van der Waals surface area contributed by atoms with E-state index in [0.29, 0.717) is 0 Å². The lowest BCUT2D eigenvalue weighted by Gasteiger charge is -2.07. The highest BCUT2D eigenvalue weighted by molar-refractivity contribution is 9.09. The Kier molecular flexibility index (Phi) is 1.01. The zero-order valence-electron chi connectivity index (χ0n) is 4.68. The molecule has 0 radical (unpaired) electrons. The second-order valence-electron chi connectivity index (χ2n) is 2.80. The number of alkyl halides is 1. The lowest BCUT2D eigenvalue weighted by Crippen LogP contribution is -2.03. The molecule has 1 saturated carbocycles. The molecule has 44 valence electrons. The lowest BCUT2D eigenvalue weighted by atomic mass is 10.1. The summed E-state index contributed by atoms with van der Waals surface area (Å²) in [5.41, 5.74) is 0. The minimum absolute atomic E-state index is 0.803. The van der Waals surface area contributed by atoms with E-state index in [-0.39, 0.29) is 0 Å². The Morgan fingerprint density at radius 2 is 2.12 bits per heavy atom. The van der Waals surface area contributed by atoms with Gasteiger partial charge >= 0.3 is 0 Å². The van der Waals surface area contributed by atoms with E-state index in [1.54, 1.807) is 0 Å². The third-order valence-electron chi connectivity index (χ3n) is 2.20. The van der Waals surface area contributed by atoms with Crippen molar-refractivity contribution in [3.8, 4) is 0 Å². The Balaban J connectivity index is 2.23. The summed E-state index contributed by atoms with van der Waals surface area (Å²) in [5.74, 6) is 1.80. The number of fused-ring (bicyclic) bond motifs is 2. The largest absolute Gasteiger partial charge is 0.0884 e. The molecule has 0 amide bonds. The zero-order valence-corrected chi connectivity index (χ0v) is 6.26. The van der Waals surface area contributed by atoms with Gasteiger partial charge < -0.3 is 0 Å². The summed E-state index contributed by atoms with van der Waals surface area (Å²) in [4.78, 5) is 0.803. The van der Waals surface area contributed by atoms with Crippen LogP contribution >= 0.6 is 15.9 Å². The van der Waals surface area contributed by atoms with Gasteiger partial charge in [-0.3, -0.25) is 0 Å². The second-order valence-corrected chi connectivity index (χ2v) is 3.97. The topological polar surface area (TPSA) is 0 Å². The summed E-state index contributed by atoms with van der Waals surface area (Å²) < 4.78 is 0. The van der Waals surface area contributed by atoms with Crippen LogP contribution in [-0.4, -0.2) is 4.83 Å². The number of halogens is 1. The first-order valence-electron chi connectivity index (χ1n) is 3.18. The van der Waals surface area contributed by atoms with Gasteiger partial charge in [0.1, 0.15) is 0 Å². The molecule has 0 aromatic carbocycles. The maximum atomic E-state index is 3.64. The van der Waals surface area contributed by atoms with Crippen LogP contribution in [0.5, 0.6) is 0 Å². The average molecular weight is 173 g/mol. The zero-order chi connectivity index (χ0) is 5.56. The van der Waals surface area contributed by atoms with Gasteiger partial charge in [0.2, 0.25) is 0 Å². The fourth-order valence-electron chi connectivity index (χ4n) is 1.71. The molecule has 0 aliphatic heterocycles. The maximum Gasteiger partial charge on any atom is 0.0214 e. The van der Waals surface area contributed by atoms with Crippen LogP contribution < -0.4 is 0 Å². The minimum atomic E-state index is 0.803. The summed E-state index contributed by atoms with van der Waals surface area (Å²) >= 11 is 3.64. The molecule has 8 heavy (non-hydrogen) atoms. The molecule has 0 spiro atoms. The summed E-state index contributed by atoms with van der Waals surface area (Å²) in [5, 5.41) is 0. The Morgan fingerprint density at radius 1 is 1.25 bits per heavy atom. The molecule has 2 aliphatic carbocycles. The molecule has 3 atom stereocenters. The average Bonchev–Trinajstić information content (AvgIpc) is 2.23. The van der Waals surface area contributed by atoms with Crippen molar-refractivity contribution in [2.45, 2.75) is 17.7 Å². The number of rotatable bonds is 0. The van der Waals surface area contributed by atoms with Crippen molar-refractivity contribution in [2.24, 2.45) is 11.8 Å². The fourth-order valence-corrected chi connectivity index (χ4v) is 2.59. The summed E-state index contributed by atoms with van der Waals surface area (Å²) in [7, 11) is 0. The smallest absolute Gasteiger partial charge is 0.0214 e. The van der Waals surface area contributed by atoms with Crippen LogP contribution in [0.3, 0.4) is 0 Å². The van der Waals surface area contributed by atoms with E-state index in [0.717, 1.165) is 16.7 Å². The normalized spacial score (nSPS) is 50.9. The summed E-state index contributed by atoms with van der Waals surface area (Å²) in [6.07, 6.45) is 7.51. The van der Waals surface area contributed by atoms with Crippen molar-refractivity contribution in [1.29, 1.82) is 0 Å². The van der Waals surface area contributed by atoms with Crippen LogP contribution in [0.4, 0.5) is 0 Å². The van der Waals surface area contributed by atoms with Gasteiger partial charge in [0, 0.05) is 4.83 Å². The molecule has 1 heteroatoms. The van der Waals surface area contributed by atoms with E-state index in [1.807, 2.05) is 0 Å². The molecule has 2 aliphatic rings. The standard InChI is InChI=1S/C7H9Br/c8-7-4-5-1-2-6(7)3-5/h1-2,5-7H,3-4H2/t5-,6-,7+/m0/s1. The fraction of sp³-hybridized carbons (Fsp3) is 0.714. The minimum Gasteiger partial charge on any atom is -0.0884 e. The molecule has 2 rings (SSSR count). The highest BCUT2D eigenvalue weighted by Gasteiger charge is 2.33. The van der Waals surface area contributed by atoms with Crippen molar-refractivity contribution >= 4 is 15.9 Å². The van der Waals surface area contributed by atoms with Crippen molar-refractivity contribution in [3.05, 3.63) is 12.2 Å². The first-order valence-corrected chi connectivity index (χ1v) is 4.10. The Bertz CT molecular complexity index is 128. The van der Waals surface area contributed by atoms with Crippen molar-refractivity contribution < 1.29 is 0 Å². The Hall–Kier alpha value is 0.220. The lowest BCUT2D eigenvalue weighted by molar-refractivity contribution is 0.693. The van der Waals surface area contributed by atoms with E-state index in [1.165, 1.54) is 12.8 Å². The molecule has 0 unspecified atom stereocenters. The molecule has 0 nitrogen and oxygen atoms in total. The van der Waals surface area contributed by atoms with Gasteiger partial charge in [-0.1, -0.05) is 28.1 Å². The third kappa shape index (κ3) is 0.572. The third-order valence-corrected chi connectivity index (χ3v) is 3.25. The van der Waals surface area contributed by atoms with Gasteiger partial charge in [-0.05, 0) is 24.7 Å². The van der Waals surface area contributed by atoms with Gasteiger partial charge in [-0.15, -0.1) is 0 Å². The number of allylic oxidation sites excluding steroid dienone is 2. The SMILES string of the molecule is Br[C@@H]1C[C@H]2C=C[C@H]1C2. The molecule has 2 bridgehead atoms. The molecule has 0 heterocycles. The molecular formula is C7H9Br. The van der Waals surface area contributed by atoms with Gasteiger partial charge in [0.05, 0.1) is 0 Å². The van der Waals surface area contributed by atoms with Crippen molar-refractivity contribution in [1.82, 2.24) is 0 Å². The van der Waals surface area contributed by atoms with Crippen LogP contribution in [0.25, 0.3) is 0 Å². The maximum absolute atomic E-state index is 3.64. The Labute approximate surface area is 58.1 Å². The van der Waals surface area contributed by atoms with Crippen LogP contribution in [0.2, 0.25) is 0 Å². The number of hydrogen-bond acceptors (Lipinski definition) is 0. The Morgan fingerprint density at radius 3 is 2.38 bits per heavy atom. The van der Waals surface area contributed by atoms with E-state index in [4.69, 9.17) is 0 Å². The van der Waals surface area contributed by atoms with E-state index >= 15 is 0 Å². The predicted octanol–water partition coefficient (Wildman–Crippen LogP) is 2.35. The van der Waals surface area contributed by atoms with Crippen LogP contribution in [0, 0.1) is 11.8 Å². The van der Waals surface area contributed by atoms with Crippen molar-refractivity contribution in [2.75, 3.05) is 0 Å². The van der Waals surface area contributed by atoms with Gasteiger partial charge in [-0.25, -0.2) is 0 Å². The van der Waals surface area contributed by atoms with Crippen LogP contribution in [-0.2, 0) is 0 Å². The van der Waals surface area contributed by atoms with Crippen LogP contribution in [0.1, 0.15) is 12.8 Å². The second kappa shape index (κ2) is 1.60. The molecule has 0 saturated heterocycles.